The van der Waals surface area contributed by atoms with Crippen LogP contribution in [0.3, 0.4) is 0 Å². The van der Waals surface area contributed by atoms with Crippen molar-refractivity contribution in [3.8, 4) is 0 Å². The molecule has 0 nitrogen and oxygen atoms in total. The van der Waals surface area contributed by atoms with Gasteiger partial charge in [-0.05, 0) is 40.2 Å². The van der Waals surface area contributed by atoms with Gasteiger partial charge in [0.1, 0.15) is 5.82 Å². The number of alkyl halides is 1. The number of halogens is 5. The third-order valence-electron chi connectivity index (χ3n) is 2.16. The van der Waals surface area contributed by atoms with Gasteiger partial charge in [0.15, 0.2) is 0 Å². The van der Waals surface area contributed by atoms with Crippen molar-refractivity contribution in [1.82, 2.24) is 0 Å². The van der Waals surface area contributed by atoms with E-state index < -0.39 is 0 Å². The van der Waals surface area contributed by atoms with Crippen LogP contribution in [0.5, 0.6) is 0 Å². The average molecular weight is 419 g/mol. The fourth-order valence-corrected chi connectivity index (χ4v) is 3.68. The van der Waals surface area contributed by atoms with E-state index in [1.807, 2.05) is 6.07 Å². The van der Waals surface area contributed by atoms with Gasteiger partial charge in [0.05, 0.1) is 14.2 Å². The SMILES string of the molecule is Fc1cc(Br)c(Cl)cc1C(Br)c1ccc(Cl)s1. The largest absolute Gasteiger partial charge is 0.207 e. The number of hydrogen-bond acceptors (Lipinski definition) is 1. The van der Waals surface area contributed by atoms with Gasteiger partial charge in [-0.15, -0.1) is 11.3 Å². The third kappa shape index (κ3) is 3.04. The van der Waals surface area contributed by atoms with Crippen LogP contribution in [0, 0.1) is 5.82 Å². The molecule has 0 saturated carbocycles. The zero-order valence-corrected chi connectivity index (χ0v) is 13.7. The highest BCUT2D eigenvalue weighted by molar-refractivity contribution is 9.10. The summed E-state index contributed by atoms with van der Waals surface area (Å²) in [7, 11) is 0. The van der Waals surface area contributed by atoms with Crippen LogP contribution in [0.4, 0.5) is 4.39 Å². The van der Waals surface area contributed by atoms with E-state index in [0.717, 1.165) is 4.88 Å². The Kier molecular flexibility index (Phi) is 4.53. The summed E-state index contributed by atoms with van der Waals surface area (Å²) in [5.74, 6) is -0.312. The zero-order valence-electron chi connectivity index (χ0n) is 8.18. The summed E-state index contributed by atoms with van der Waals surface area (Å²) in [5.41, 5.74) is 0.497. The fraction of sp³-hybridized carbons (Fsp3) is 0.0909. The van der Waals surface area contributed by atoms with Gasteiger partial charge in [0, 0.05) is 14.9 Å². The lowest BCUT2D eigenvalue weighted by Crippen LogP contribution is -1.95. The van der Waals surface area contributed by atoms with Crippen LogP contribution in [-0.2, 0) is 0 Å². The number of hydrogen-bond donors (Lipinski definition) is 0. The normalized spacial score (nSPS) is 12.8. The van der Waals surface area contributed by atoms with Gasteiger partial charge in [-0.1, -0.05) is 39.1 Å². The maximum Gasteiger partial charge on any atom is 0.129 e. The molecule has 0 spiro atoms. The minimum atomic E-state index is -0.312. The molecule has 0 saturated heterocycles. The summed E-state index contributed by atoms with van der Waals surface area (Å²) in [4.78, 5) is 0.692. The predicted molar refractivity (Wildman–Crippen MR) is 79.2 cm³/mol. The Morgan fingerprint density at radius 2 is 1.94 bits per heavy atom. The molecule has 0 fully saturated rings. The zero-order chi connectivity index (χ0) is 12.6. The number of rotatable bonds is 2. The molecule has 0 radical (unpaired) electrons. The van der Waals surface area contributed by atoms with Crippen LogP contribution in [0.1, 0.15) is 15.3 Å². The van der Waals surface area contributed by atoms with Crippen molar-refractivity contribution in [2.24, 2.45) is 0 Å². The van der Waals surface area contributed by atoms with Crippen LogP contribution >= 0.6 is 66.4 Å². The Labute approximate surface area is 129 Å². The number of thiophene rings is 1. The van der Waals surface area contributed by atoms with Crippen molar-refractivity contribution in [1.29, 1.82) is 0 Å². The van der Waals surface area contributed by atoms with Crippen molar-refractivity contribution in [2.75, 3.05) is 0 Å². The lowest BCUT2D eigenvalue weighted by atomic mass is 10.1. The second kappa shape index (κ2) is 5.57. The molecular weight excluding hydrogens is 414 g/mol. The second-order valence-electron chi connectivity index (χ2n) is 3.29. The summed E-state index contributed by atoms with van der Waals surface area (Å²) in [5, 5.41) is 0.480. The van der Waals surface area contributed by atoms with E-state index in [-0.39, 0.29) is 10.6 Å². The van der Waals surface area contributed by atoms with Crippen molar-refractivity contribution in [3.63, 3.8) is 0 Å². The molecule has 1 aromatic carbocycles. The van der Waals surface area contributed by atoms with Crippen LogP contribution in [0.15, 0.2) is 28.7 Å². The Morgan fingerprint density at radius 1 is 1.24 bits per heavy atom. The van der Waals surface area contributed by atoms with Gasteiger partial charge in [-0.3, -0.25) is 0 Å². The molecule has 17 heavy (non-hydrogen) atoms. The summed E-state index contributed by atoms with van der Waals surface area (Å²) in [6.45, 7) is 0. The first-order valence-electron chi connectivity index (χ1n) is 4.53. The van der Waals surface area contributed by atoms with Crippen molar-refractivity contribution < 1.29 is 4.39 Å². The van der Waals surface area contributed by atoms with E-state index in [1.54, 1.807) is 12.1 Å². The molecule has 6 heteroatoms. The van der Waals surface area contributed by atoms with E-state index in [9.17, 15) is 4.39 Å². The summed E-state index contributed by atoms with van der Waals surface area (Å²) in [6, 6.07) is 6.62. The molecular formula is C11H5Br2Cl2FS. The van der Waals surface area contributed by atoms with E-state index in [4.69, 9.17) is 23.2 Å². The van der Waals surface area contributed by atoms with Crippen LogP contribution in [0.25, 0.3) is 0 Å². The topological polar surface area (TPSA) is 0 Å². The predicted octanol–water partition coefficient (Wildman–Crippen LogP) is 6.44. The molecule has 0 aliphatic carbocycles. The molecule has 2 rings (SSSR count). The Bertz CT molecular complexity index is 556. The minimum Gasteiger partial charge on any atom is -0.207 e. The lowest BCUT2D eigenvalue weighted by molar-refractivity contribution is 0.613. The first-order chi connectivity index (χ1) is 7.99. The fourth-order valence-electron chi connectivity index (χ4n) is 1.35. The summed E-state index contributed by atoms with van der Waals surface area (Å²) >= 11 is 19.9. The first kappa shape index (κ1) is 13.8. The monoisotopic (exact) mass is 416 g/mol. The first-order valence-corrected chi connectivity index (χ1v) is 7.81. The van der Waals surface area contributed by atoms with Crippen molar-refractivity contribution >= 4 is 66.4 Å². The standard InChI is InChI=1S/C11H5Br2Cl2FS/c12-6-4-8(16)5(3-7(6)14)11(13)9-1-2-10(15)17-9/h1-4,11H. The van der Waals surface area contributed by atoms with Gasteiger partial charge < -0.3 is 0 Å². The van der Waals surface area contributed by atoms with Gasteiger partial charge in [-0.25, -0.2) is 4.39 Å². The average Bonchev–Trinajstić information content (AvgIpc) is 2.69. The van der Waals surface area contributed by atoms with Gasteiger partial charge in [-0.2, -0.15) is 0 Å². The maximum absolute atomic E-state index is 13.8. The molecule has 2 aromatic rings. The van der Waals surface area contributed by atoms with Gasteiger partial charge in [0.25, 0.3) is 0 Å². The second-order valence-corrected chi connectivity index (χ2v) is 7.22. The maximum atomic E-state index is 13.8. The summed E-state index contributed by atoms with van der Waals surface area (Å²) in [6.07, 6.45) is 0. The van der Waals surface area contributed by atoms with Crippen molar-refractivity contribution in [2.45, 2.75) is 4.83 Å². The third-order valence-corrected chi connectivity index (χ3v) is 5.94. The quantitative estimate of drug-likeness (QED) is 0.389. The van der Waals surface area contributed by atoms with Gasteiger partial charge >= 0.3 is 0 Å². The van der Waals surface area contributed by atoms with E-state index in [0.29, 0.717) is 19.4 Å². The highest BCUT2D eigenvalue weighted by atomic mass is 79.9. The summed E-state index contributed by atoms with van der Waals surface area (Å²) < 4.78 is 15.0. The minimum absolute atomic E-state index is 0.245. The molecule has 1 heterocycles. The highest BCUT2D eigenvalue weighted by Crippen LogP contribution is 2.40. The van der Waals surface area contributed by atoms with Crippen LogP contribution < -0.4 is 0 Å². The van der Waals surface area contributed by atoms with E-state index >= 15 is 0 Å². The lowest BCUT2D eigenvalue weighted by Gasteiger charge is -2.10. The highest BCUT2D eigenvalue weighted by Gasteiger charge is 2.18. The number of benzene rings is 1. The van der Waals surface area contributed by atoms with Crippen molar-refractivity contribution in [3.05, 3.63) is 54.4 Å². The molecule has 1 unspecified atom stereocenters. The molecule has 0 bridgehead atoms. The Balaban J connectivity index is 2.43. The molecule has 0 amide bonds. The molecule has 0 N–H and O–H groups in total. The van der Waals surface area contributed by atoms with Crippen LogP contribution in [-0.4, -0.2) is 0 Å². The molecule has 1 atom stereocenters. The van der Waals surface area contributed by atoms with Crippen LogP contribution in [0.2, 0.25) is 9.36 Å². The smallest absolute Gasteiger partial charge is 0.129 e. The Hall–Kier alpha value is 0.390. The Morgan fingerprint density at radius 3 is 2.53 bits per heavy atom. The molecule has 90 valence electrons. The van der Waals surface area contributed by atoms with E-state index in [1.165, 1.54) is 17.4 Å². The van der Waals surface area contributed by atoms with E-state index in [2.05, 4.69) is 31.9 Å². The van der Waals surface area contributed by atoms with Gasteiger partial charge in [0.2, 0.25) is 0 Å². The molecule has 0 aliphatic rings. The molecule has 0 aliphatic heterocycles. The molecule has 1 aromatic heterocycles.